The summed E-state index contributed by atoms with van der Waals surface area (Å²) in [5.41, 5.74) is -0.636. The highest BCUT2D eigenvalue weighted by molar-refractivity contribution is 5.81. The third kappa shape index (κ3) is 11.9. The van der Waals surface area contributed by atoms with E-state index in [9.17, 15) is 9.90 Å². The molecule has 0 heterocycles. The number of aliphatic hydroxyl groups excluding tert-OH is 1. The van der Waals surface area contributed by atoms with Gasteiger partial charge in [0.15, 0.2) is 0 Å². The third-order valence-corrected chi connectivity index (χ3v) is 2.75. The fourth-order valence-electron chi connectivity index (χ4n) is 1.34. The van der Waals surface area contributed by atoms with Crippen molar-refractivity contribution in [3.8, 4) is 0 Å². The third-order valence-electron chi connectivity index (χ3n) is 2.75. The maximum atomic E-state index is 11.6. The second kappa shape index (κ2) is 10.2. The summed E-state index contributed by atoms with van der Waals surface area (Å²) < 4.78 is 16.3. The van der Waals surface area contributed by atoms with Crippen LogP contribution in [0.1, 0.15) is 41.5 Å². The number of hydrogen-bond donors (Lipinski definition) is 2. The van der Waals surface area contributed by atoms with Gasteiger partial charge in [-0.15, -0.1) is 0 Å². The topological polar surface area (TPSA) is 77.0 Å². The minimum absolute atomic E-state index is 0.0264. The molecule has 0 aliphatic carbocycles. The summed E-state index contributed by atoms with van der Waals surface area (Å²) in [6, 6.07) is 0. The summed E-state index contributed by atoms with van der Waals surface area (Å²) in [5, 5.41) is 12.0. The Labute approximate surface area is 134 Å². The molecule has 1 unspecified atom stereocenters. The lowest BCUT2D eigenvalue weighted by atomic mass is 9.96. The standard InChI is InChI=1S/C16H33NO5/c1-15(2,3)14(19)17-12-21-8-7-20-10-13(9-18)11-22-16(4,5)6/h13,18H,7-12H2,1-6H3,(H,17,19). The zero-order chi connectivity index (χ0) is 17.2. The van der Waals surface area contributed by atoms with Crippen LogP contribution in [0.4, 0.5) is 0 Å². The Bertz CT molecular complexity index is 307. The number of aliphatic hydroxyl groups is 1. The van der Waals surface area contributed by atoms with Crippen molar-refractivity contribution < 1.29 is 24.1 Å². The summed E-state index contributed by atoms with van der Waals surface area (Å²) >= 11 is 0. The molecule has 6 nitrogen and oxygen atoms in total. The van der Waals surface area contributed by atoms with E-state index in [1.807, 2.05) is 41.5 Å². The van der Waals surface area contributed by atoms with Gasteiger partial charge < -0.3 is 24.6 Å². The van der Waals surface area contributed by atoms with Gasteiger partial charge >= 0.3 is 0 Å². The Balaban J connectivity index is 3.61. The summed E-state index contributed by atoms with van der Waals surface area (Å²) in [5.74, 6) is -0.0899. The molecule has 0 aromatic heterocycles. The molecule has 0 saturated heterocycles. The molecular weight excluding hydrogens is 286 g/mol. The van der Waals surface area contributed by atoms with E-state index < -0.39 is 5.41 Å². The van der Waals surface area contributed by atoms with Crippen LogP contribution in [0, 0.1) is 11.3 Å². The van der Waals surface area contributed by atoms with E-state index >= 15 is 0 Å². The SMILES string of the molecule is CC(C)(C)OCC(CO)COCCOCNC(=O)C(C)(C)C. The minimum Gasteiger partial charge on any atom is -0.396 e. The summed E-state index contributed by atoms with van der Waals surface area (Å²) in [4.78, 5) is 11.6. The molecule has 0 fully saturated rings. The van der Waals surface area contributed by atoms with E-state index in [4.69, 9.17) is 14.2 Å². The normalized spacial score (nSPS) is 14.0. The van der Waals surface area contributed by atoms with E-state index in [0.717, 1.165) is 0 Å². The van der Waals surface area contributed by atoms with Crippen LogP contribution in [0.15, 0.2) is 0 Å². The first-order valence-corrected chi connectivity index (χ1v) is 7.75. The largest absolute Gasteiger partial charge is 0.396 e. The number of rotatable bonds is 10. The Morgan fingerprint density at radius 2 is 1.64 bits per heavy atom. The Morgan fingerprint density at radius 3 is 2.14 bits per heavy atom. The van der Waals surface area contributed by atoms with Gasteiger partial charge in [0.25, 0.3) is 0 Å². The molecule has 22 heavy (non-hydrogen) atoms. The van der Waals surface area contributed by atoms with E-state index in [1.165, 1.54) is 0 Å². The molecule has 0 aromatic rings. The number of amides is 1. The van der Waals surface area contributed by atoms with Crippen molar-refractivity contribution in [2.45, 2.75) is 47.1 Å². The van der Waals surface area contributed by atoms with E-state index in [2.05, 4.69) is 5.32 Å². The summed E-state index contributed by atoms with van der Waals surface area (Å²) in [7, 11) is 0. The van der Waals surface area contributed by atoms with Crippen molar-refractivity contribution in [2.75, 3.05) is 39.8 Å². The second-order valence-corrected chi connectivity index (χ2v) is 7.36. The van der Waals surface area contributed by atoms with Crippen LogP contribution in [0.25, 0.3) is 0 Å². The maximum Gasteiger partial charge on any atom is 0.227 e. The van der Waals surface area contributed by atoms with Crippen LogP contribution in [0.5, 0.6) is 0 Å². The van der Waals surface area contributed by atoms with Gasteiger partial charge in [0.05, 0.1) is 38.6 Å². The molecule has 1 atom stereocenters. The summed E-state index contributed by atoms with van der Waals surface area (Å²) in [6.07, 6.45) is 0. The molecule has 132 valence electrons. The van der Waals surface area contributed by atoms with Crippen LogP contribution < -0.4 is 5.32 Å². The van der Waals surface area contributed by atoms with Crippen molar-refractivity contribution in [2.24, 2.45) is 11.3 Å². The van der Waals surface area contributed by atoms with Gasteiger partial charge in [0.1, 0.15) is 6.73 Å². The monoisotopic (exact) mass is 319 g/mol. The highest BCUT2D eigenvalue weighted by Crippen LogP contribution is 2.12. The Hall–Kier alpha value is -0.690. The number of carbonyl (C=O) groups excluding carboxylic acids is 1. The first-order chi connectivity index (χ1) is 10.1. The van der Waals surface area contributed by atoms with Gasteiger partial charge in [-0.25, -0.2) is 0 Å². The first-order valence-electron chi connectivity index (χ1n) is 7.75. The van der Waals surface area contributed by atoms with Crippen LogP contribution in [0.2, 0.25) is 0 Å². The highest BCUT2D eigenvalue weighted by Gasteiger charge is 2.20. The van der Waals surface area contributed by atoms with Crippen LogP contribution >= 0.6 is 0 Å². The molecule has 0 spiro atoms. The average molecular weight is 319 g/mol. The Morgan fingerprint density at radius 1 is 1.05 bits per heavy atom. The average Bonchev–Trinajstić information content (AvgIpc) is 2.38. The first kappa shape index (κ1) is 21.3. The quantitative estimate of drug-likeness (QED) is 0.472. The Kier molecular flexibility index (Phi) is 9.84. The van der Waals surface area contributed by atoms with Crippen molar-refractivity contribution >= 4 is 5.91 Å². The number of nitrogens with one attached hydrogen (secondary N) is 1. The predicted molar refractivity (Wildman–Crippen MR) is 85.5 cm³/mol. The molecule has 0 aliphatic rings. The van der Waals surface area contributed by atoms with E-state index in [0.29, 0.717) is 26.4 Å². The molecule has 0 aromatic carbocycles. The van der Waals surface area contributed by atoms with Gasteiger partial charge in [-0.3, -0.25) is 4.79 Å². The molecule has 0 rings (SSSR count). The smallest absolute Gasteiger partial charge is 0.227 e. The molecule has 1 amide bonds. The lowest BCUT2D eigenvalue weighted by Gasteiger charge is -2.23. The number of hydrogen-bond acceptors (Lipinski definition) is 5. The lowest BCUT2D eigenvalue weighted by molar-refractivity contribution is -0.130. The zero-order valence-electron chi connectivity index (χ0n) is 14.9. The minimum atomic E-state index is -0.415. The lowest BCUT2D eigenvalue weighted by Crippen LogP contribution is -2.36. The van der Waals surface area contributed by atoms with Gasteiger partial charge in [0.2, 0.25) is 5.91 Å². The molecule has 0 aliphatic heterocycles. The van der Waals surface area contributed by atoms with Gasteiger partial charge in [0, 0.05) is 11.3 Å². The van der Waals surface area contributed by atoms with Gasteiger partial charge in [-0.05, 0) is 20.8 Å². The predicted octanol–water partition coefficient (Wildman–Crippen LogP) is 1.56. The number of ether oxygens (including phenoxy) is 3. The zero-order valence-corrected chi connectivity index (χ0v) is 14.9. The van der Waals surface area contributed by atoms with Crippen molar-refractivity contribution in [3.05, 3.63) is 0 Å². The molecule has 2 N–H and O–H groups in total. The van der Waals surface area contributed by atoms with Crippen LogP contribution in [0.3, 0.4) is 0 Å². The van der Waals surface area contributed by atoms with Crippen molar-refractivity contribution in [1.82, 2.24) is 5.32 Å². The van der Waals surface area contributed by atoms with Crippen molar-refractivity contribution in [3.63, 3.8) is 0 Å². The molecule has 0 radical (unpaired) electrons. The highest BCUT2D eigenvalue weighted by atomic mass is 16.5. The fourth-order valence-corrected chi connectivity index (χ4v) is 1.34. The van der Waals surface area contributed by atoms with Gasteiger partial charge in [-0.2, -0.15) is 0 Å². The maximum absolute atomic E-state index is 11.6. The second-order valence-electron chi connectivity index (χ2n) is 7.36. The molecule has 0 bridgehead atoms. The van der Waals surface area contributed by atoms with Crippen LogP contribution in [-0.4, -0.2) is 56.4 Å². The van der Waals surface area contributed by atoms with E-state index in [1.54, 1.807) is 0 Å². The van der Waals surface area contributed by atoms with Crippen molar-refractivity contribution in [1.29, 1.82) is 0 Å². The molecular formula is C16H33NO5. The molecule has 0 saturated carbocycles. The van der Waals surface area contributed by atoms with E-state index in [-0.39, 0.29) is 30.8 Å². The number of carbonyl (C=O) groups is 1. The molecule has 6 heteroatoms. The summed E-state index contributed by atoms with van der Waals surface area (Å²) in [6.45, 7) is 13.4. The van der Waals surface area contributed by atoms with Gasteiger partial charge in [-0.1, -0.05) is 20.8 Å². The fraction of sp³-hybridized carbons (Fsp3) is 0.938. The van der Waals surface area contributed by atoms with Crippen LogP contribution in [-0.2, 0) is 19.0 Å².